The summed E-state index contributed by atoms with van der Waals surface area (Å²) in [5.74, 6) is -5.26. The maximum Gasteiger partial charge on any atom is 1.00 e. The molecule has 14 nitrogen and oxygen atoms in total. The molecule has 0 saturated carbocycles. The van der Waals surface area contributed by atoms with E-state index in [1.165, 1.54) is 12.5 Å². The number of hydrogen-bond acceptors (Lipinski definition) is 15. The smallest absolute Gasteiger partial charge is 0.857 e. The number of fused-ring (bicyclic) bond motifs is 1. The van der Waals surface area contributed by atoms with Crippen molar-refractivity contribution in [1.82, 2.24) is 9.88 Å². The number of carboxylic acid groups (broad SMARTS) is 2. The Kier molecular flexibility index (Phi) is 13.3. The molecule has 1 aromatic rings. The van der Waals surface area contributed by atoms with Crippen LogP contribution in [0.1, 0.15) is 5.69 Å². The predicted molar refractivity (Wildman–Crippen MR) is 117 cm³/mol. The first-order chi connectivity index (χ1) is 16.1. The van der Waals surface area contributed by atoms with E-state index in [0.29, 0.717) is 4.91 Å². The molecule has 0 aromatic carbocycles. The monoisotopic (exact) mass is 575 g/mol. The molecule has 0 radical (unpaired) electrons. The van der Waals surface area contributed by atoms with Crippen molar-refractivity contribution in [2.24, 2.45) is 10.1 Å². The van der Waals surface area contributed by atoms with E-state index in [9.17, 15) is 34.5 Å². The van der Waals surface area contributed by atoms with Gasteiger partial charge in [-0.25, -0.2) is 9.78 Å². The number of amides is 1. The number of thioether (sulfide) groups is 2. The number of aromatic nitrogens is 1. The van der Waals surface area contributed by atoms with E-state index in [1.54, 1.807) is 0 Å². The molecule has 1 amide bonds. The number of thiazole rings is 1. The van der Waals surface area contributed by atoms with Crippen LogP contribution in [0.15, 0.2) is 26.1 Å². The van der Waals surface area contributed by atoms with E-state index < -0.39 is 53.4 Å². The van der Waals surface area contributed by atoms with Crippen LogP contribution in [0, 0.1) is 0 Å². The minimum Gasteiger partial charge on any atom is -0.857 e. The zero-order valence-corrected chi connectivity index (χ0v) is 25.6. The maximum atomic E-state index is 12.8. The summed E-state index contributed by atoms with van der Waals surface area (Å²) in [6.45, 7) is -0.941. The number of nitrogens with zero attached hydrogens (tertiary/aromatic N) is 4. The Morgan fingerprint density at radius 2 is 2.06 bits per heavy atom. The number of carbonyl (C=O) groups is 4. The summed E-state index contributed by atoms with van der Waals surface area (Å²) < 4.78 is 4.54. The molecule has 3 rings (SSSR count). The zero-order valence-electron chi connectivity index (χ0n) is 19.2. The van der Waals surface area contributed by atoms with Crippen LogP contribution in [0.25, 0.3) is 0 Å². The van der Waals surface area contributed by atoms with Gasteiger partial charge in [-0.15, -0.1) is 34.9 Å². The van der Waals surface area contributed by atoms with Gasteiger partial charge in [0.25, 0.3) is 5.91 Å². The van der Waals surface area contributed by atoms with Crippen molar-refractivity contribution < 1.29 is 103 Å². The Hall–Kier alpha value is -1.31. The first kappa shape index (κ1) is 32.7. The van der Waals surface area contributed by atoms with Crippen LogP contribution in [0.3, 0.4) is 0 Å². The van der Waals surface area contributed by atoms with Gasteiger partial charge in [-0.1, -0.05) is 5.16 Å². The molecule has 1 saturated heterocycles. The number of β-lactam (4-membered cyclic amide) rings is 1. The molecule has 19 heteroatoms. The van der Waals surface area contributed by atoms with Gasteiger partial charge >= 0.3 is 71.1 Å². The Labute approximate surface area is 260 Å². The van der Waals surface area contributed by atoms with Crippen molar-refractivity contribution in [3.63, 3.8) is 0 Å². The van der Waals surface area contributed by atoms with Gasteiger partial charge in [0, 0.05) is 21.9 Å². The van der Waals surface area contributed by atoms with E-state index in [2.05, 4.69) is 24.7 Å². The minimum atomic E-state index is -1.58. The molecule has 0 unspecified atom stereocenters. The van der Waals surface area contributed by atoms with Crippen molar-refractivity contribution in [3.8, 4) is 0 Å². The SMILES string of the molecule is COC(=O)CSC1=C(C(=O)O)N2C(=O)[C@@H](N=C([O-])/C(=N/OCC(=O)[O-])c3csc(N)n3)[C@H]2SC1.[Na+].[Na+]. The number of rotatable bonds is 10. The number of aliphatic imine (C=N–C) groups is 1. The normalized spacial score (nSPS) is 19.4. The van der Waals surface area contributed by atoms with E-state index in [1.807, 2.05) is 0 Å². The summed E-state index contributed by atoms with van der Waals surface area (Å²) in [5.41, 5.74) is 4.75. The van der Waals surface area contributed by atoms with Gasteiger partial charge in [0.2, 0.25) is 0 Å². The minimum absolute atomic E-state index is 0. The fourth-order valence-corrected chi connectivity index (χ4v) is 5.80. The molecule has 0 spiro atoms. The average molecular weight is 576 g/mol. The van der Waals surface area contributed by atoms with Gasteiger partial charge in [0.05, 0.1) is 18.8 Å². The van der Waals surface area contributed by atoms with Crippen LogP contribution in [0.5, 0.6) is 0 Å². The molecule has 1 fully saturated rings. The molecule has 3 N–H and O–H groups in total. The van der Waals surface area contributed by atoms with Crippen molar-refractivity contribution in [3.05, 3.63) is 21.7 Å². The average Bonchev–Trinajstić information content (AvgIpc) is 3.23. The summed E-state index contributed by atoms with van der Waals surface area (Å²) >= 11 is 3.09. The van der Waals surface area contributed by atoms with Crippen LogP contribution < -0.4 is 75.1 Å². The number of hydrogen-bond donors (Lipinski definition) is 2. The predicted octanol–water partition coefficient (Wildman–Crippen LogP) is -8.55. The molecule has 0 aliphatic carbocycles. The second kappa shape index (κ2) is 14.6. The molecule has 0 bridgehead atoms. The Morgan fingerprint density at radius 3 is 2.61 bits per heavy atom. The van der Waals surface area contributed by atoms with Crippen LogP contribution in [-0.2, 0) is 28.8 Å². The largest absolute Gasteiger partial charge is 1.00 e. The first-order valence-electron chi connectivity index (χ1n) is 9.11. The van der Waals surface area contributed by atoms with Gasteiger partial charge in [0.1, 0.15) is 22.5 Å². The van der Waals surface area contributed by atoms with Crippen molar-refractivity contribution in [2.75, 3.05) is 31.0 Å². The number of carboxylic acids is 2. The number of ether oxygens (including phenoxy) is 1. The maximum absolute atomic E-state index is 12.8. The van der Waals surface area contributed by atoms with E-state index in [-0.39, 0.29) is 87.1 Å². The molecule has 182 valence electrons. The first-order valence-corrected chi connectivity index (χ1v) is 12.0. The molecule has 2 aliphatic heterocycles. The van der Waals surface area contributed by atoms with Crippen molar-refractivity contribution in [2.45, 2.75) is 11.4 Å². The summed E-state index contributed by atoms with van der Waals surface area (Å²) in [6.07, 6.45) is 0. The zero-order chi connectivity index (χ0) is 25.0. The summed E-state index contributed by atoms with van der Waals surface area (Å²) in [4.78, 5) is 60.1. The van der Waals surface area contributed by atoms with E-state index in [4.69, 9.17) is 5.73 Å². The number of aliphatic carboxylic acids is 2. The molecular weight excluding hydrogens is 560 g/mol. The quantitative estimate of drug-likeness (QED) is 0.0662. The third-order valence-corrected chi connectivity index (χ3v) is 7.45. The summed E-state index contributed by atoms with van der Waals surface area (Å²) in [6, 6.07) is -1.22. The third kappa shape index (κ3) is 7.61. The van der Waals surface area contributed by atoms with Crippen LogP contribution in [-0.4, -0.2) is 87.1 Å². The second-order valence-corrected chi connectivity index (χ2v) is 9.45. The standard InChI is InChI=1S/C17H17N5O9S3.2Na/c1-30-9(25)5-32-7-4-33-15-11(14(27)22(15)12(7)16(28)29)20-13(26)10(21-31-2-8(23)24)6-3-34-17(18)19-6;;/h3,11,15H,2,4-5H2,1H3,(H2,18,19)(H,20,26)(H,23,24)(H,28,29);;/q;2*+1/p-2/b21-10+;;/t11-,15-;;/m1../s1. The Balaban J connectivity index is 0.00000324. The molecule has 2 aliphatic rings. The summed E-state index contributed by atoms with van der Waals surface area (Å²) in [5, 5.41) is 37.1. The number of anilines is 1. The van der Waals surface area contributed by atoms with Crippen LogP contribution >= 0.6 is 34.9 Å². The molecular formula is C17H15N5Na2O9S3. The molecule has 2 atom stereocenters. The number of methoxy groups -OCH3 is 1. The Bertz CT molecular complexity index is 1130. The van der Waals surface area contributed by atoms with Crippen LogP contribution in [0.4, 0.5) is 5.13 Å². The second-order valence-electron chi connectivity index (χ2n) is 6.39. The summed E-state index contributed by atoms with van der Waals surface area (Å²) in [7, 11) is 1.20. The number of oxime groups is 1. The molecule has 3 heterocycles. The van der Waals surface area contributed by atoms with E-state index in [0.717, 1.165) is 39.8 Å². The molecule has 1 aromatic heterocycles. The van der Waals surface area contributed by atoms with Gasteiger partial charge in [-0.2, -0.15) is 0 Å². The fraction of sp³-hybridized carbons (Fsp3) is 0.353. The van der Waals surface area contributed by atoms with E-state index >= 15 is 0 Å². The van der Waals surface area contributed by atoms with Crippen molar-refractivity contribution in [1.29, 1.82) is 0 Å². The van der Waals surface area contributed by atoms with Crippen molar-refractivity contribution >= 4 is 75.4 Å². The number of carbonyl (C=O) groups excluding carboxylic acids is 3. The number of nitrogen functional groups attached to an aromatic ring is 1. The topological polar surface area (TPSA) is 220 Å². The van der Waals surface area contributed by atoms with Gasteiger partial charge < -0.3 is 35.4 Å². The number of nitrogens with two attached hydrogens (primary N) is 1. The van der Waals surface area contributed by atoms with Gasteiger partial charge in [-0.05, 0) is 0 Å². The fourth-order valence-electron chi connectivity index (χ4n) is 2.80. The van der Waals surface area contributed by atoms with Crippen LogP contribution in [0.2, 0.25) is 0 Å². The van der Waals surface area contributed by atoms with Gasteiger partial charge in [-0.3, -0.25) is 19.5 Å². The molecule has 36 heavy (non-hydrogen) atoms. The number of esters is 1. The Morgan fingerprint density at radius 1 is 1.36 bits per heavy atom. The van der Waals surface area contributed by atoms with Gasteiger partial charge in [0.15, 0.2) is 17.8 Å². The third-order valence-electron chi connectivity index (χ3n) is 4.26.